The zero-order chi connectivity index (χ0) is 14.1. The van der Waals surface area contributed by atoms with Crippen molar-refractivity contribution in [2.75, 3.05) is 19.0 Å². The Morgan fingerprint density at radius 2 is 2.00 bits per heavy atom. The maximum Gasteiger partial charge on any atom is 0.273 e. The first kappa shape index (κ1) is 15.3. The fourth-order valence-electron chi connectivity index (χ4n) is 1.89. The molecule has 0 aromatic heterocycles. The van der Waals surface area contributed by atoms with Gasteiger partial charge >= 0.3 is 0 Å². The van der Waals surface area contributed by atoms with Crippen molar-refractivity contribution in [1.82, 2.24) is 0 Å². The highest BCUT2D eigenvalue weighted by atomic mass is 16.6. The van der Waals surface area contributed by atoms with Crippen molar-refractivity contribution in [2.45, 2.75) is 39.0 Å². The van der Waals surface area contributed by atoms with Crippen LogP contribution in [-0.4, -0.2) is 18.6 Å². The summed E-state index contributed by atoms with van der Waals surface area (Å²) in [6.07, 6.45) is 6.08. The van der Waals surface area contributed by atoms with E-state index in [1.54, 1.807) is 6.07 Å². The second kappa shape index (κ2) is 8.34. The van der Waals surface area contributed by atoms with Crippen molar-refractivity contribution in [3.05, 3.63) is 28.3 Å². The predicted octanol–water partition coefficient (Wildman–Crippen LogP) is 3.99. The molecule has 19 heavy (non-hydrogen) atoms. The van der Waals surface area contributed by atoms with Crippen LogP contribution in [0.2, 0.25) is 0 Å². The van der Waals surface area contributed by atoms with E-state index in [4.69, 9.17) is 4.74 Å². The van der Waals surface area contributed by atoms with Gasteiger partial charge < -0.3 is 10.1 Å². The van der Waals surface area contributed by atoms with Crippen LogP contribution >= 0.6 is 0 Å². The van der Waals surface area contributed by atoms with Crippen LogP contribution in [0.3, 0.4) is 0 Å². The molecule has 5 heteroatoms. The predicted molar refractivity (Wildman–Crippen MR) is 76.9 cm³/mol. The van der Waals surface area contributed by atoms with E-state index in [1.807, 2.05) is 0 Å². The Balaban J connectivity index is 2.47. The first-order valence-corrected chi connectivity index (χ1v) is 6.75. The zero-order valence-corrected chi connectivity index (χ0v) is 11.6. The standard InChI is InChI=1S/C14H22N2O3/c1-3-4-5-6-7-10-15-13-9-8-12(16(17)18)11-14(13)19-2/h8-9,11,15H,3-7,10H2,1-2H3. The summed E-state index contributed by atoms with van der Waals surface area (Å²) in [6.45, 7) is 3.05. The third kappa shape index (κ3) is 5.16. The van der Waals surface area contributed by atoms with Crippen molar-refractivity contribution in [3.63, 3.8) is 0 Å². The first-order chi connectivity index (χ1) is 9.19. The average Bonchev–Trinajstić information content (AvgIpc) is 2.42. The Labute approximate surface area is 114 Å². The molecule has 0 aliphatic heterocycles. The second-order valence-electron chi connectivity index (χ2n) is 4.48. The topological polar surface area (TPSA) is 64.4 Å². The largest absolute Gasteiger partial charge is 0.494 e. The van der Waals surface area contributed by atoms with Crippen molar-refractivity contribution in [2.24, 2.45) is 0 Å². The van der Waals surface area contributed by atoms with Crippen molar-refractivity contribution >= 4 is 11.4 Å². The maximum absolute atomic E-state index is 10.7. The number of nitrogens with zero attached hydrogens (tertiary/aromatic N) is 1. The SMILES string of the molecule is CCCCCCCNc1ccc([N+](=O)[O-])cc1OC. The molecule has 0 atom stereocenters. The van der Waals surface area contributed by atoms with Gasteiger partial charge in [-0.15, -0.1) is 0 Å². The number of nitrogens with one attached hydrogen (secondary N) is 1. The summed E-state index contributed by atoms with van der Waals surface area (Å²) < 4.78 is 5.16. The molecular formula is C14H22N2O3. The highest BCUT2D eigenvalue weighted by Crippen LogP contribution is 2.28. The zero-order valence-electron chi connectivity index (χ0n) is 11.6. The van der Waals surface area contributed by atoms with Gasteiger partial charge in [0.25, 0.3) is 5.69 Å². The highest BCUT2D eigenvalue weighted by molar-refractivity contribution is 5.60. The lowest BCUT2D eigenvalue weighted by Crippen LogP contribution is -2.03. The third-order valence-electron chi connectivity index (χ3n) is 2.99. The Hall–Kier alpha value is -1.78. The molecule has 0 aliphatic rings. The third-order valence-corrected chi connectivity index (χ3v) is 2.99. The Morgan fingerprint density at radius 1 is 1.26 bits per heavy atom. The number of benzene rings is 1. The van der Waals surface area contributed by atoms with E-state index >= 15 is 0 Å². The van der Waals surface area contributed by atoms with Crippen LogP contribution in [0.15, 0.2) is 18.2 Å². The molecule has 1 aromatic carbocycles. The lowest BCUT2D eigenvalue weighted by atomic mass is 10.1. The Kier molecular flexibility index (Phi) is 6.71. The van der Waals surface area contributed by atoms with E-state index in [0.717, 1.165) is 18.7 Å². The summed E-state index contributed by atoms with van der Waals surface area (Å²) in [6, 6.07) is 4.63. The molecule has 0 fully saturated rings. The fourth-order valence-corrected chi connectivity index (χ4v) is 1.89. The number of rotatable bonds is 9. The maximum atomic E-state index is 10.7. The summed E-state index contributed by atoms with van der Waals surface area (Å²) in [5.41, 5.74) is 0.855. The molecule has 0 radical (unpaired) electrons. The van der Waals surface area contributed by atoms with Crippen molar-refractivity contribution < 1.29 is 9.66 Å². The molecule has 0 spiro atoms. The molecule has 1 rings (SSSR count). The monoisotopic (exact) mass is 266 g/mol. The molecule has 0 saturated heterocycles. The summed E-state index contributed by atoms with van der Waals surface area (Å²) in [5, 5.41) is 13.9. The van der Waals surface area contributed by atoms with E-state index < -0.39 is 4.92 Å². The van der Waals surface area contributed by atoms with Gasteiger partial charge in [-0.05, 0) is 12.5 Å². The molecule has 0 unspecified atom stereocenters. The molecule has 0 heterocycles. The van der Waals surface area contributed by atoms with Crippen LogP contribution in [0.25, 0.3) is 0 Å². The van der Waals surface area contributed by atoms with Gasteiger partial charge in [-0.1, -0.05) is 32.6 Å². The summed E-state index contributed by atoms with van der Waals surface area (Å²) in [4.78, 5) is 10.3. The minimum absolute atomic E-state index is 0.0466. The van der Waals surface area contributed by atoms with Crippen LogP contribution < -0.4 is 10.1 Å². The molecule has 106 valence electrons. The van der Waals surface area contributed by atoms with Crippen LogP contribution in [0.5, 0.6) is 5.75 Å². The Morgan fingerprint density at radius 3 is 2.63 bits per heavy atom. The fraction of sp³-hybridized carbons (Fsp3) is 0.571. The van der Waals surface area contributed by atoms with Gasteiger partial charge in [-0.2, -0.15) is 0 Å². The molecule has 0 saturated carbocycles. The van der Waals surface area contributed by atoms with E-state index in [2.05, 4.69) is 12.2 Å². The van der Waals surface area contributed by atoms with Crippen LogP contribution in [0.4, 0.5) is 11.4 Å². The normalized spacial score (nSPS) is 10.2. The number of ether oxygens (including phenoxy) is 1. The molecule has 0 bridgehead atoms. The summed E-state index contributed by atoms with van der Waals surface area (Å²) >= 11 is 0. The van der Waals surface area contributed by atoms with E-state index in [-0.39, 0.29) is 5.69 Å². The number of hydrogen-bond acceptors (Lipinski definition) is 4. The number of hydrogen-bond donors (Lipinski definition) is 1. The summed E-state index contributed by atoms with van der Waals surface area (Å²) in [7, 11) is 1.52. The number of non-ortho nitro benzene ring substituents is 1. The van der Waals surface area contributed by atoms with Gasteiger partial charge in [-0.3, -0.25) is 10.1 Å². The minimum Gasteiger partial charge on any atom is -0.494 e. The van der Waals surface area contributed by atoms with Gasteiger partial charge in [0.1, 0.15) is 5.75 Å². The molecule has 0 amide bonds. The number of nitro groups is 1. The van der Waals surface area contributed by atoms with Gasteiger partial charge in [0, 0.05) is 12.6 Å². The van der Waals surface area contributed by atoms with Gasteiger partial charge in [0.05, 0.1) is 23.8 Å². The van der Waals surface area contributed by atoms with E-state index in [1.165, 1.54) is 44.9 Å². The van der Waals surface area contributed by atoms with Gasteiger partial charge in [0.15, 0.2) is 0 Å². The molecule has 5 nitrogen and oxygen atoms in total. The first-order valence-electron chi connectivity index (χ1n) is 6.75. The van der Waals surface area contributed by atoms with Gasteiger partial charge in [0.2, 0.25) is 0 Å². The second-order valence-corrected chi connectivity index (χ2v) is 4.48. The smallest absolute Gasteiger partial charge is 0.273 e. The minimum atomic E-state index is -0.420. The highest BCUT2D eigenvalue weighted by Gasteiger charge is 2.10. The lowest BCUT2D eigenvalue weighted by Gasteiger charge is -2.10. The van der Waals surface area contributed by atoms with Crippen molar-refractivity contribution in [3.8, 4) is 5.75 Å². The van der Waals surface area contributed by atoms with Crippen LogP contribution in [0.1, 0.15) is 39.0 Å². The number of methoxy groups -OCH3 is 1. The van der Waals surface area contributed by atoms with Gasteiger partial charge in [-0.25, -0.2) is 0 Å². The van der Waals surface area contributed by atoms with Crippen LogP contribution in [-0.2, 0) is 0 Å². The molecular weight excluding hydrogens is 244 g/mol. The van der Waals surface area contributed by atoms with E-state index in [9.17, 15) is 10.1 Å². The average molecular weight is 266 g/mol. The molecule has 0 aliphatic carbocycles. The van der Waals surface area contributed by atoms with Crippen LogP contribution in [0, 0.1) is 10.1 Å². The molecule has 1 N–H and O–H groups in total. The molecule has 1 aromatic rings. The quantitative estimate of drug-likeness (QED) is 0.417. The number of nitro benzene ring substituents is 1. The Bertz CT molecular complexity index is 408. The number of anilines is 1. The van der Waals surface area contributed by atoms with Crippen molar-refractivity contribution in [1.29, 1.82) is 0 Å². The van der Waals surface area contributed by atoms with E-state index in [0.29, 0.717) is 5.75 Å². The number of unbranched alkanes of at least 4 members (excludes halogenated alkanes) is 4. The lowest BCUT2D eigenvalue weighted by molar-refractivity contribution is -0.384. The summed E-state index contributed by atoms with van der Waals surface area (Å²) in [5.74, 6) is 0.516.